The molecule has 6 heteroatoms. The molecule has 0 aliphatic carbocycles. The molecule has 0 amide bonds. The summed E-state index contributed by atoms with van der Waals surface area (Å²) in [5, 5.41) is 48.6. The average Bonchev–Trinajstić information content (AvgIpc) is 2.69. The summed E-state index contributed by atoms with van der Waals surface area (Å²) in [5.41, 5.74) is 1.74. The summed E-state index contributed by atoms with van der Waals surface area (Å²) in [7, 11) is 0. The van der Waals surface area contributed by atoms with Crippen LogP contribution >= 0.6 is 0 Å². The van der Waals surface area contributed by atoms with E-state index in [-0.39, 0.29) is 12.4 Å². The molecule has 0 aromatic heterocycles. The van der Waals surface area contributed by atoms with E-state index in [1.807, 2.05) is 12.2 Å². The van der Waals surface area contributed by atoms with Gasteiger partial charge in [0.2, 0.25) is 6.29 Å². The molecular formula is C21H28O6. The minimum absolute atomic E-state index is 0.271. The van der Waals surface area contributed by atoms with Gasteiger partial charge in [0, 0.05) is 12.5 Å². The molecule has 1 rings (SSSR count). The van der Waals surface area contributed by atoms with Crippen LogP contribution in [0.3, 0.4) is 0 Å². The highest BCUT2D eigenvalue weighted by Gasteiger charge is 2.34. The summed E-state index contributed by atoms with van der Waals surface area (Å²) in [6, 6.07) is 6.70. The van der Waals surface area contributed by atoms with Crippen molar-refractivity contribution < 1.29 is 30.3 Å². The first kappa shape index (κ1) is 22.8. The van der Waals surface area contributed by atoms with Crippen molar-refractivity contribution >= 4 is 5.57 Å². The highest BCUT2D eigenvalue weighted by atomic mass is 16.6. The molecule has 0 saturated heterocycles. The number of aliphatic hydroxyl groups is 5. The zero-order chi connectivity index (χ0) is 20.4. The highest BCUT2D eigenvalue weighted by Crippen LogP contribution is 2.21. The summed E-state index contributed by atoms with van der Waals surface area (Å²) in [6.45, 7) is 8.50. The Morgan fingerprint density at radius 1 is 1.00 bits per heavy atom. The fourth-order valence-corrected chi connectivity index (χ4v) is 2.27. The Hall–Kier alpha value is -2.22. The number of rotatable bonds is 11. The molecule has 5 atom stereocenters. The summed E-state index contributed by atoms with van der Waals surface area (Å²) in [6.07, 6.45) is 2.25. The maximum atomic E-state index is 9.96. The Morgan fingerprint density at radius 3 is 2.15 bits per heavy atom. The zero-order valence-corrected chi connectivity index (χ0v) is 15.3. The van der Waals surface area contributed by atoms with Crippen molar-refractivity contribution in [3.8, 4) is 5.75 Å². The molecule has 1 aromatic rings. The van der Waals surface area contributed by atoms with Gasteiger partial charge >= 0.3 is 0 Å². The van der Waals surface area contributed by atoms with Crippen LogP contribution in [0.2, 0.25) is 0 Å². The second kappa shape index (κ2) is 11.5. The van der Waals surface area contributed by atoms with Crippen molar-refractivity contribution in [3.63, 3.8) is 0 Å². The van der Waals surface area contributed by atoms with E-state index in [4.69, 9.17) is 9.84 Å². The Kier molecular flexibility index (Phi) is 9.71. The molecule has 0 fully saturated rings. The molecule has 0 heterocycles. The minimum atomic E-state index is -1.75. The second-order valence-electron chi connectivity index (χ2n) is 6.11. The third-order valence-corrected chi connectivity index (χ3v) is 4.05. The van der Waals surface area contributed by atoms with E-state index in [0.717, 1.165) is 11.1 Å². The number of hydrogen-bond acceptors (Lipinski definition) is 6. The highest BCUT2D eigenvalue weighted by molar-refractivity contribution is 5.75. The normalized spacial score (nSPS) is 17.8. The van der Waals surface area contributed by atoms with Gasteiger partial charge in [-0.25, -0.2) is 0 Å². The summed E-state index contributed by atoms with van der Waals surface area (Å²) >= 11 is 0. The predicted octanol–water partition coefficient (Wildman–Crippen LogP) is 1.41. The molecule has 5 unspecified atom stereocenters. The van der Waals surface area contributed by atoms with Crippen LogP contribution in [0.1, 0.15) is 12.5 Å². The van der Waals surface area contributed by atoms with Crippen molar-refractivity contribution in [1.82, 2.24) is 0 Å². The van der Waals surface area contributed by atoms with Gasteiger partial charge in [0.05, 0.1) is 6.10 Å². The van der Waals surface area contributed by atoms with Crippen LogP contribution < -0.4 is 4.74 Å². The fourth-order valence-electron chi connectivity index (χ4n) is 2.27. The van der Waals surface area contributed by atoms with E-state index in [9.17, 15) is 20.4 Å². The van der Waals surface area contributed by atoms with Gasteiger partial charge in [0.25, 0.3) is 0 Å². The van der Waals surface area contributed by atoms with Gasteiger partial charge in [0.15, 0.2) is 0 Å². The minimum Gasteiger partial charge on any atom is -0.462 e. The third-order valence-electron chi connectivity index (χ3n) is 4.05. The third kappa shape index (κ3) is 6.78. The maximum Gasteiger partial charge on any atom is 0.226 e. The Morgan fingerprint density at radius 2 is 1.63 bits per heavy atom. The monoisotopic (exact) mass is 376 g/mol. The first-order valence-electron chi connectivity index (χ1n) is 8.57. The first-order valence-corrected chi connectivity index (χ1v) is 8.57. The van der Waals surface area contributed by atoms with Gasteiger partial charge in [-0.2, -0.15) is 0 Å². The predicted molar refractivity (Wildman–Crippen MR) is 105 cm³/mol. The van der Waals surface area contributed by atoms with Gasteiger partial charge in [-0.3, -0.25) is 0 Å². The zero-order valence-electron chi connectivity index (χ0n) is 15.3. The SMILES string of the molecule is C=C/C=C\C=C(/C=C)c1ccc(OC(O)C(O)C(O)C(O)C(C)CO)cc1. The lowest BCUT2D eigenvalue weighted by molar-refractivity contribution is -0.172. The van der Waals surface area contributed by atoms with E-state index in [1.165, 1.54) is 6.92 Å². The second-order valence-corrected chi connectivity index (χ2v) is 6.11. The number of ether oxygens (including phenoxy) is 1. The van der Waals surface area contributed by atoms with Crippen molar-refractivity contribution in [2.24, 2.45) is 5.92 Å². The van der Waals surface area contributed by atoms with Crippen LogP contribution in [0.25, 0.3) is 5.57 Å². The molecule has 0 saturated carbocycles. The summed E-state index contributed by atoms with van der Waals surface area (Å²) in [4.78, 5) is 0. The van der Waals surface area contributed by atoms with E-state index in [0.29, 0.717) is 0 Å². The van der Waals surface area contributed by atoms with Crippen LogP contribution in [-0.4, -0.2) is 56.7 Å². The molecule has 148 valence electrons. The number of aliphatic hydroxyl groups excluding tert-OH is 5. The lowest BCUT2D eigenvalue weighted by atomic mass is 9.97. The Bertz CT molecular complexity index is 649. The lowest BCUT2D eigenvalue weighted by Gasteiger charge is -2.29. The van der Waals surface area contributed by atoms with Gasteiger partial charge in [0.1, 0.15) is 18.0 Å². The smallest absolute Gasteiger partial charge is 0.226 e. The van der Waals surface area contributed by atoms with E-state index < -0.39 is 30.5 Å². The molecule has 0 bridgehead atoms. The Labute approximate surface area is 159 Å². The lowest BCUT2D eigenvalue weighted by Crippen LogP contribution is -2.49. The molecule has 0 aliphatic heterocycles. The van der Waals surface area contributed by atoms with E-state index in [2.05, 4.69) is 13.2 Å². The average molecular weight is 376 g/mol. The first-order chi connectivity index (χ1) is 12.8. The molecule has 6 nitrogen and oxygen atoms in total. The number of benzene rings is 1. The molecule has 1 aromatic carbocycles. The van der Waals surface area contributed by atoms with Gasteiger partial charge in [-0.15, -0.1) is 0 Å². The standard InChI is InChI=1S/C21H28O6/c1-4-6-7-8-15(5-2)16-9-11-17(12-10-16)27-21(26)20(25)19(24)18(23)14(3)13-22/h4-12,14,18-26H,1-2,13H2,3H3/b7-6-,15-8+. The largest absolute Gasteiger partial charge is 0.462 e. The topological polar surface area (TPSA) is 110 Å². The molecular weight excluding hydrogens is 348 g/mol. The van der Waals surface area contributed by atoms with Crippen molar-refractivity contribution in [3.05, 3.63) is 73.4 Å². The molecule has 0 spiro atoms. The summed E-state index contributed by atoms with van der Waals surface area (Å²) in [5.74, 6) is -0.396. The molecule has 27 heavy (non-hydrogen) atoms. The van der Waals surface area contributed by atoms with Gasteiger partial charge in [-0.05, 0) is 23.3 Å². The van der Waals surface area contributed by atoms with Crippen molar-refractivity contribution in [2.75, 3.05) is 6.61 Å². The van der Waals surface area contributed by atoms with E-state index >= 15 is 0 Å². The van der Waals surface area contributed by atoms with Crippen LogP contribution in [0, 0.1) is 5.92 Å². The van der Waals surface area contributed by atoms with E-state index in [1.54, 1.807) is 42.5 Å². The van der Waals surface area contributed by atoms with Crippen LogP contribution in [0.5, 0.6) is 5.75 Å². The summed E-state index contributed by atoms with van der Waals surface area (Å²) < 4.78 is 5.23. The quantitative estimate of drug-likeness (QED) is 0.295. The molecule has 0 radical (unpaired) electrons. The van der Waals surface area contributed by atoms with Crippen LogP contribution in [0.4, 0.5) is 0 Å². The fraction of sp³-hybridized carbons (Fsp3) is 0.333. The van der Waals surface area contributed by atoms with Crippen molar-refractivity contribution in [1.29, 1.82) is 0 Å². The molecule has 5 N–H and O–H groups in total. The van der Waals surface area contributed by atoms with Crippen molar-refractivity contribution in [2.45, 2.75) is 31.5 Å². The van der Waals surface area contributed by atoms with Crippen LogP contribution in [-0.2, 0) is 0 Å². The number of allylic oxidation sites excluding steroid dienone is 6. The Balaban J connectivity index is 2.79. The molecule has 0 aliphatic rings. The van der Waals surface area contributed by atoms with Gasteiger partial charge < -0.3 is 30.3 Å². The van der Waals surface area contributed by atoms with Crippen LogP contribution in [0.15, 0.2) is 67.8 Å². The maximum absolute atomic E-state index is 9.96. The number of hydrogen-bond donors (Lipinski definition) is 5. The van der Waals surface area contributed by atoms with Gasteiger partial charge in [-0.1, -0.05) is 62.6 Å².